The second-order valence-electron chi connectivity index (χ2n) is 5.09. The first kappa shape index (κ1) is 15.0. The zero-order chi connectivity index (χ0) is 16.4. The second kappa shape index (κ2) is 6.04. The molecule has 0 bridgehead atoms. The molecule has 0 atom stereocenters. The number of fused-ring (bicyclic) bond motifs is 2. The molecule has 0 aliphatic carbocycles. The highest BCUT2D eigenvalue weighted by atomic mass is 16.5. The van der Waals surface area contributed by atoms with Crippen molar-refractivity contribution in [2.45, 2.75) is 13.5 Å². The van der Waals surface area contributed by atoms with E-state index < -0.39 is 5.97 Å². The fourth-order valence-electron chi connectivity index (χ4n) is 2.66. The van der Waals surface area contributed by atoms with E-state index in [0.29, 0.717) is 16.3 Å². The third kappa shape index (κ3) is 2.61. The molecule has 0 aliphatic rings. The molecule has 0 unspecified atom stereocenters. The standard InChI is InChI=1S/C18H15NO4/c1-2-23-16(20)11-19-15-10-6-5-9-14(15)17(21)12-7-3-4-8-13(12)18(19)22/h3-10H,2,11H2,1H3. The van der Waals surface area contributed by atoms with Gasteiger partial charge in [0.25, 0.3) is 5.56 Å². The average Bonchev–Trinajstić information content (AvgIpc) is 2.66. The maximum absolute atomic E-state index is 12.9. The van der Waals surface area contributed by atoms with Gasteiger partial charge in [0.1, 0.15) is 6.54 Å². The van der Waals surface area contributed by atoms with Gasteiger partial charge >= 0.3 is 5.97 Å². The van der Waals surface area contributed by atoms with E-state index in [1.807, 2.05) is 0 Å². The third-order valence-electron chi connectivity index (χ3n) is 3.68. The molecule has 0 radical (unpaired) electrons. The van der Waals surface area contributed by atoms with Gasteiger partial charge < -0.3 is 4.74 Å². The zero-order valence-electron chi connectivity index (χ0n) is 12.6. The fourth-order valence-corrected chi connectivity index (χ4v) is 2.66. The topological polar surface area (TPSA) is 65.4 Å². The number of hydrogen-bond donors (Lipinski definition) is 0. The zero-order valence-corrected chi connectivity index (χ0v) is 12.6. The number of carbonyl (C=O) groups excluding carboxylic acids is 1. The Morgan fingerprint density at radius 1 is 0.957 bits per heavy atom. The number of benzene rings is 2. The van der Waals surface area contributed by atoms with Crippen molar-refractivity contribution in [2.24, 2.45) is 0 Å². The number of esters is 1. The van der Waals surface area contributed by atoms with Crippen molar-refractivity contribution in [3.05, 3.63) is 69.1 Å². The van der Waals surface area contributed by atoms with Crippen LogP contribution in [0.4, 0.5) is 0 Å². The highest BCUT2D eigenvalue weighted by Crippen LogP contribution is 2.12. The van der Waals surface area contributed by atoms with E-state index >= 15 is 0 Å². The number of para-hydroxylation sites is 1. The Labute approximate surface area is 131 Å². The van der Waals surface area contributed by atoms with Crippen molar-refractivity contribution in [1.82, 2.24) is 4.57 Å². The van der Waals surface area contributed by atoms with Crippen molar-refractivity contribution >= 4 is 27.6 Å². The number of rotatable bonds is 3. The van der Waals surface area contributed by atoms with E-state index in [0.717, 1.165) is 0 Å². The van der Waals surface area contributed by atoms with E-state index in [-0.39, 0.29) is 29.5 Å². The molecule has 3 aromatic rings. The quantitative estimate of drug-likeness (QED) is 0.695. The SMILES string of the molecule is CCOC(=O)Cn1c(=O)c2ccccc2c(=O)c2ccccc21. The maximum atomic E-state index is 12.9. The molecule has 5 nitrogen and oxygen atoms in total. The largest absolute Gasteiger partial charge is 0.465 e. The van der Waals surface area contributed by atoms with Crippen LogP contribution in [0.5, 0.6) is 0 Å². The van der Waals surface area contributed by atoms with Gasteiger partial charge in [-0.15, -0.1) is 0 Å². The summed E-state index contributed by atoms with van der Waals surface area (Å²) in [7, 11) is 0. The van der Waals surface area contributed by atoms with Gasteiger partial charge in [0.15, 0.2) is 5.43 Å². The number of carbonyl (C=O) groups is 1. The van der Waals surface area contributed by atoms with E-state index in [2.05, 4.69) is 0 Å². The minimum atomic E-state index is -0.512. The first-order chi connectivity index (χ1) is 11.1. The van der Waals surface area contributed by atoms with Gasteiger partial charge in [0.2, 0.25) is 0 Å². The van der Waals surface area contributed by atoms with Crippen LogP contribution in [0.15, 0.2) is 58.1 Å². The lowest BCUT2D eigenvalue weighted by molar-refractivity contribution is -0.143. The lowest BCUT2D eigenvalue weighted by atomic mass is 10.1. The van der Waals surface area contributed by atoms with Gasteiger partial charge in [-0.1, -0.05) is 30.3 Å². The Balaban J connectivity index is 2.48. The number of nitrogens with zero attached hydrogens (tertiary/aromatic N) is 1. The highest BCUT2D eigenvalue weighted by molar-refractivity contribution is 5.91. The van der Waals surface area contributed by atoms with Crippen LogP contribution in [0, 0.1) is 0 Å². The van der Waals surface area contributed by atoms with Crippen LogP contribution in [-0.4, -0.2) is 17.1 Å². The summed E-state index contributed by atoms with van der Waals surface area (Å²) in [6.07, 6.45) is 0. The van der Waals surface area contributed by atoms with Crippen molar-refractivity contribution < 1.29 is 9.53 Å². The summed E-state index contributed by atoms with van der Waals surface area (Å²) in [5.41, 5.74) is -0.186. The predicted molar refractivity (Wildman–Crippen MR) is 88.6 cm³/mol. The minimum absolute atomic E-state index is 0.226. The van der Waals surface area contributed by atoms with Crippen LogP contribution in [0.25, 0.3) is 21.7 Å². The van der Waals surface area contributed by atoms with Crippen LogP contribution in [0.3, 0.4) is 0 Å². The van der Waals surface area contributed by atoms with Crippen LogP contribution in [0.1, 0.15) is 6.92 Å². The van der Waals surface area contributed by atoms with E-state index in [1.54, 1.807) is 55.5 Å². The molecule has 2 aromatic carbocycles. The number of aromatic nitrogens is 1. The van der Waals surface area contributed by atoms with Gasteiger partial charge in [0, 0.05) is 10.8 Å². The van der Waals surface area contributed by atoms with Crippen LogP contribution >= 0.6 is 0 Å². The maximum Gasteiger partial charge on any atom is 0.326 e. The Kier molecular flexibility index (Phi) is 3.93. The van der Waals surface area contributed by atoms with Gasteiger partial charge in [0.05, 0.1) is 17.5 Å². The summed E-state index contributed by atoms with van der Waals surface area (Å²) in [6, 6.07) is 13.4. The lowest BCUT2D eigenvalue weighted by Gasteiger charge is -2.06. The van der Waals surface area contributed by atoms with Gasteiger partial charge in [-0.05, 0) is 25.1 Å². The normalized spacial score (nSPS) is 10.8. The Hall–Kier alpha value is -2.95. The summed E-state index contributed by atoms with van der Waals surface area (Å²) in [5, 5.41) is 1.03. The molecule has 23 heavy (non-hydrogen) atoms. The first-order valence-electron chi connectivity index (χ1n) is 7.33. The summed E-state index contributed by atoms with van der Waals surface area (Å²) >= 11 is 0. The predicted octanol–water partition coefficient (Wildman–Crippen LogP) is 2.08. The molecule has 116 valence electrons. The number of ether oxygens (including phenoxy) is 1. The van der Waals surface area contributed by atoms with Gasteiger partial charge in [-0.2, -0.15) is 0 Å². The summed E-state index contributed by atoms with van der Waals surface area (Å²) < 4.78 is 6.25. The molecule has 0 N–H and O–H groups in total. The highest BCUT2D eigenvalue weighted by Gasteiger charge is 2.13. The molecule has 1 heterocycles. The summed E-state index contributed by atoms with van der Waals surface area (Å²) in [5.74, 6) is -0.512. The van der Waals surface area contributed by atoms with Gasteiger partial charge in [-0.3, -0.25) is 19.0 Å². The summed E-state index contributed by atoms with van der Waals surface area (Å²) in [4.78, 5) is 37.5. The van der Waals surface area contributed by atoms with Gasteiger partial charge in [-0.25, -0.2) is 0 Å². The molecule has 3 rings (SSSR count). The van der Waals surface area contributed by atoms with E-state index in [4.69, 9.17) is 4.74 Å². The molecule has 0 spiro atoms. The number of hydrogen-bond acceptors (Lipinski definition) is 4. The van der Waals surface area contributed by atoms with Crippen LogP contribution in [0.2, 0.25) is 0 Å². The second-order valence-corrected chi connectivity index (χ2v) is 5.09. The van der Waals surface area contributed by atoms with E-state index in [9.17, 15) is 14.4 Å². The fraction of sp³-hybridized carbons (Fsp3) is 0.167. The Morgan fingerprint density at radius 2 is 1.57 bits per heavy atom. The molecule has 0 saturated carbocycles. The molecule has 0 aliphatic heterocycles. The van der Waals surface area contributed by atoms with Crippen molar-refractivity contribution in [2.75, 3.05) is 6.61 Å². The Morgan fingerprint density at radius 3 is 2.26 bits per heavy atom. The molecule has 0 amide bonds. The van der Waals surface area contributed by atoms with Crippen molar-refractivity contribution in [3.8, 4) is 0 Å². The third-order valence-corrected chi connectivity index (χ3v) is 3.68. The molecule has 0 fully saturated rings. The smallest absolute Gasteiger partial charge is 0.326 e. The Bertz CT molecular complexity index is 1020. The molecular formula is C18H15NO4. The molecule has 0 saturated heterocycles. The minimum Gasteiger partial charge on any atom is -0.465 e. The van der Waals surface area contributed by atoms with Crippen LogP contribution in [-0.2, 0) is 16.1 Å². The van der Waals surface area contributed by atoms with Crippen LogP contribution < -0.4 is 11.0 Å². The lowest BCUT2D eigenvalue weighted by Crippen LogP contribution is -2.24. The molecule has 5 heteroatoms. The first-order valence-corrected chi connectivity index (χ1v) is 7.33. The molecule has 1 aromatic heterocycles. The summed E-state index contributed by atoms with van der Waals surface area (Å²) in [6.45, 7) is 1.71. The van der Waals surface area contributed by atoms with Crippen molar-refractivity contribution in [3.63, 3.8) is 0 Å². The van der Waals surface area contributed by atoms with E-state index in [1.165, 1.54) is 4.57 Å². The van der Waals surface area contributed by atoms with Crippen molar-refractivity contribution in [1.29, 1.82) is 0 Å². The monoisotopic (exact) mass is 309 g/mol. The average molecular weight is 309 g/mol. The molecular weight excluding hydrogens is 294 g/mol.